The molecule has 0 spiro atoms. The van der Waals surface area contributed by atoms with Gasteiger partial charge in [-0.15, -0.1) is 0 Å². The molecule has 0 atom stereocenters. The fraction of sp³-hybridized carbons (Fsp3) is 0.909. The molecular weight excluding hydrogens is 192 g/mol. The molecule has 0 bridgehead atoms. The van der Waals surface area contributed by atoms with Crippen LogP contribution < -0.4 is 11.1 Å². The monoisotopic (exact) mass is 214 g/mol. The third-order valence-corrected chi connectivity index (χ3v) is 3.30. The van der Waals surface area contributed by atoms with E-state index in [-0.39, 0.29) is 17.9 Å². The van der Waals surface area contributed by atoms with Gasteiger partial charge in [-0.05, 0) is 19.3 Å². The van der Waals surface area contributed by atoms with Crippen molar-refractivity contribution in [1.29, 1.82) is 0 Å². The van der Waals surface area contributed by atoms with Gasteiger partial charge in [0.05, 0.1) is 5.41 Å². The summed E-state index contributed by atoms with van der Waals surface area (Å²) in [5, 5.41) is 11.5. The lowest BCUT2D eigenvalue weighted by molar-refractivity contribution is -0.132. The number of nitrogens with one attached hydrogen (secondary N) is 1. The lowest BCUT2D eigenvalue weighted by Gasteiger charge is -2.34. The van der Waals surface area contributed by atoms with E-state index in [1.165, 1.54) is 6.42 Å². The molecule has 88 valence electrons. The lowest BCUT2D eigenvalue weighted by atomic mass is 9.73. The molecule has 0 aromatic carbocycles. The molecule has 4 N–H and O–H groups in total. The Kier molecular flexibility index (Phi) is 5.05. The summed E-state index contributed by atoms with van der Waals surface area (Å²) in [5.41, 5.74) is 5.41. The van der Waals surface area contributed by atoms with Crippen LogP contribution in [0.3, 0.4) is 0 Å². The average molecular weight is 214 g/mol. The Morgan fingerprint density at radius 3 is 2.53 bits per heavy atom. The average Bonchev–Trinajstić information content (AvgIpc) is 2.30. The van der Waals surface area contributed by atoms with Crippen LogP contribution in [-0.4, -0.2) is 30.7 Å². The number of hydrogen-bond acceptors (Lipinski definition) is 3. The standard InChI is InChI=1S/C11H22N2O2/c12-9-11(5-2-1-3-6-11)10(15)13-7-4-8-14/h14H,1-9,12H2,(H,13,15). The van der Waals surface area contributed by atoms with Crippen LogP contribution >= 0.6 is 0 Å². The molecule has 0 heterocycles. The number of amides is 1. The first-order chi connectivity index (χ1) is 7.25. The van der Waals surface area contributed by atoms with Gasteiger partial charge in [0, 0.05) is 19.7 Å². The minimum atomic E-state index is -0.326. The maximum absolute atomic E-state index is 12.0. The molecule has 1 aliphatic rings. The quantitative estimate of drug-likeness (QED) is 0.580. The fourth-order valence-corrected chi connectivity index (χ4v) is 2.22. The van der Waals surface area contributed by atoms with Gasteiger partial charge in [0.2, 0.25) is 5.91 Å². The van der Waals surface area contributed by atoms with Gasteiger partial charge in [-0.1, -0.05) is 19.3 Å². The van der Waals surface area contributed by atoms with E-state index >= 15 is 0 Å². The maximum Gasteiger partial charge on any atom is 0.227 e. The van der Waals surface area contributed by atoms with Crippen molar-refractivity contribution in [1.82, 2.24) is 5.32 Å². The zero-order valence-electron chi connectivity index (χ0n) is 9.30. The van der Waals surface area contributed by atoms with Crippen molar-refractivity contribution >= 4 is 5.91 Å². The highest BCUT2D eigenvalue weighted by Gasteiger charge is 2.37. The maximum atomic E-state index is 12.0. The third-order valence-electron chi connectivity index (χ3n) is 3.30. The number of hydrogen-bond donors (Lipinski definition) is 3. The predicted molar refractivity (Wildman–Crippen MR) is 59.3 cm³/mol. The van der Waals surface area contributed by atoms with Crippen LogP contribution in [0.2, 0.25) is 0 Å². The molecule has 1 aliphatic carbocycles. The van der Waals surface area contributed by atoms with Gasteiger partial charge in [0.25, 0.3) is 0 Å². The van der Waals surface area contributed by atoms with Crippen molar-refractivity contribution in [2.45, 2.75) is 38.5 Å². The van der Waals surface area contributed by atoms with Crippen molar-refractivity contribution in [3.8, 4) is 0 Å². The summed E-state index contributed by atoms with van der Waals surface area (Å²) in [6.07, 6.45) is 5.86. The second kappa shape index (κ2) is 6.08. The molecule has 1 rings (SSSR count). The summed E-state index contributed by atoms with van der Waals surface area (Å²) in [5.74, 6) is 0.0816. The van der Waals surface area contributed by atoms with Crippen LogP contribution in [0.4, 0.5) is 0 Å². The van der Waals surface area contributed by atoms with E-state index in [1.54, 1.807) is 0 Å². The molecule has 4 heteroatoms. The first-order valence-electron chi connectivity index (χ1n) is 5.84. The van der Waals surface area contributed by atoms with Crippen LogP contribution in [0.1, 0.15) is 38.5 Å². The number of aliphatic hydroxyl groups excluding tert-OH is 1. The minimum Gasteiger partial charge on any atom is -0.396 e. The van der Waals surface area contributed by atoms with Crippen molar-refractivity contribution < 1.29 is 9.90 Å². The van der Waals surface area contributed by atoms with E-state index < -0.39 is 0 Å². The first-order valence-corrected chi connectivity index (χ1v) is 5.84. The zero-order chi connectivity index (χ0) is 11.1. The van der Waals surface area contributed by atoms with E-state index in [2.05, 4.69) is 5.32 Å². The van der Waals surface area contributed by atoms with Crippen LogP contribution in [0.25, 0.3) is 0 Å². The van der Waals surface area contributed by atoms with E-state index in [0.29, 0.717) is 19.5 Å². The Morgan fingerprint density at radius 2 is 2.00 bits per heavy atom. The number of carbonyl (C=O) groups excluding carboxylic acids is 1. The molecule has 0 unspecified atom stereocenters. The SMILES string of the molecule is NCC1(C(=O)NCCCO)CCCCC1. The summed E-state index contributed by atoms with van der Waals surface area (Å²) in [6, 6.07) is 0. The smallest absolute Gasteiger partial charge is 0.227 e. The molecule has 1 fully saturated rings. The number of carbonyl (C=O) groups is 1. The second-order valence-electron chi connectivity index (χ2n) is 4.38. The van der Waals surface area contributed by atoms with Crippen molar-refractivity contribution in [2.75, 3.05) is 19.7 Å². The summed E-state index contributed by atoms with van der Waals surface area (Å²) < 4.78 is 0. The van der Waals surface area contributed by atoms with Crippen LogP contribution in [0.15, 0.2) is 0 Å². The molecule has 0 aromatic rings. The fourth-order valence-electron chi connectivity index (χ4n) is 2.22. The predicted octanol–water partition coefficient (Wildman–Crippen LogP) is 0.394. The molecule has 15 heavy (non-hydrogen) atoms. The minimum absolute atomic E-state index is 0.0816. The van der Waals surface area contributed by atoms with E-state index in [1.807, 2.05) is 0 Å². The summed E-state index contributed by atoms with van der Waals surface area (Å²) in [6.45, 7) is 1.12. The van der Waals surface area contributed by atoms with Crippen LogP contribution in [0, 0.1) is 5.41 Å². The molecular formula is C11H22N2O2. The van der Waals surface area contributed by atoms with Gasteiger partial charge in [0.1, 0.15) is 0 Å². The van der Waals surface area contributed by atoms with Crippen molar-refractivity contribution in [3.63, 3.8) is 0 Å². The highest BCUT2D eigenvalue weighted by atomic mass is 16.3. The second-order valence-corrected chi connectivity index (χ2v) is 4.38. The Bertz CT molecular complexity index is 201. The van der Waals surface area contributed by atoms with E-state index in [9.17, 15) is 4.79 Å². The van der Waals surface area contributed by atoms with Gasteiger partial charge >= 0.3 is 0 Å². The number of nitrogens with two attached hydrogens (primary N) is 1. The molecule has 0 aliphatic heterocycles. The van der Waals surface area contributed by atoms with Crippen LogP contribution in [0.5, 0.6) is 0 Å². The van der Waals surface area contributed by atoms with Gasteiger partial charge < -0.3 is 16.2 Å². The number of rotatable bonds is 5. The Labute approximate surface area is 91.2 Å². The largest absolute Gasteiger partial charge is 0.396 e. The van der Waals surface area contributed by atoms with E-state index in [4.69, 9.17) is 10.8 Å². The molecule has 0 saturated heterocycles. The van der Waals surface area contributed by atoms with Gasteiger partial charge in [0.15, 0.2) is 0 Å². The Hall–Kier alpha value is -0.610. The number of aliphatic hydroxyl groups is 1. The molecule has 0 aromatic heterocycles. The highest BCUT2D eigenvalue weighted by Crippen LogP contribution is 2.35. The summed E-state index contributed by atoms with van der Waals surface area (Å²) in [4.78, 5) is 12.0. The van der Waals surface area contributed by atoms with E-state index in [0.717, 1.165) is 25.7 Å². The summed E-state index contributed by atoms with van der Waals surface area (Å²) >= 11 is 0. The molecule has 0 radical (unpaired) electrons. The summed E-state index contributed by atoms with van der Waals surface area (Å²) in [7, 11) is 0. The van der Waals surface area contributed by atoms with Gasteiger partial charge in [-0.2, -0.15) is 0 Å². The molecule has 1 saturated carbocycles. The normalized spacial score (nSPS) is 19.9. The van der Waals surface area contributed by atoms with Crippen LogP contribution in [-0.2, 0) is 4.79 Å². The highest BCUT2D eigenvalue weighted by molar-refractivity contribution is 5.82. The molecule has 1 amide bonds. The topological polar surface area (TPSA) is 75.4 Å². The Morgan fingerprint density at radius 1 is 1.33 bits per heavy atom. The van der Waals surface area contributed by atoms with Gasteiger partial charge in [-0.3, -0.25) is 4.79 Å². The zero-order valence-corrected chi connectivity index (χ0v) is 9.30. The third kappa shape index (κ3) is 3.18. The van der Waals surface area contributed by atoms with Gasteiger partial charge in [-0.25, -0.2) is 0 Å². The Balaban J connectivity index is 2.45. The molecule has 4 nitrogen and oxygen atoms in total. The van der Waals surface area contributed by atoms with Crippen molar-refractivity contribution in [3.05, 3.63) is 0 Å². The first kappa shape index (κ1) is 12.5. The lowest BCUT2D eigenvalue weighted by Crippen LogP contribution is -2.47. The van der Waals surface area contributed by atoms with Crippen molar-refractivity contribution in [2.24, 2.45) is 11.1 Å².